The molecule has 0 amide bonds. The molecule has 5 heteroatoms. The van der Waals surface area contributed by atoms with Crippen LogP contribution in [0.2, 0.25) is 0 Å². The molecule has 1 fully saturated rings. The van der Waals surface area contributed by atoms with Crippen molar-refractivity contribution in [1.82, 2.24) is 4.90 Å². The van der Waals surface area contributed by atoms with Crippen molar-refractivity contribution in [2.75, 3.05) is 33.9 Å². The maximum Gasteiger partial charge on any atom is 0.246 e. The van der Waals surface area contributed by atoms with Crippen LogP contribution in [0.4, 0.5) is 0 Å². The second-order valence-electron chi connectivity index (χ2n) is 4.98. The zero-order valence-electron chi connectivity index (χ0n) is 12.2. The minimum absolute atomic E-state index is 0.371. The molecule has 1 aliphatic rings. The summed E-state index contributed by atoms with van der Waals surface area (Å²) < 4.78 is 16.0. The molecule has 109 valence electrons. The van der Waals surface area contributed by atoms with Crippen molar-refractivity contribution >= 4 is 10.5 Å². The Morgan fingerprint density at radius 2 is 2.10 bits per heavy atom. The number of likely N-dealkylation sites (tertiary alicyclic amines) is 1. The molecule has 1 heterocycles. The Kier molecular flexibility index (Phi) is 5.88. The Morgan fingerprint density at radius 3 is 2.80 bits per heavy atom. The summed E-state index contributed by atoms with van der Waals surface area (Å²) in [6.45, 7) is 2.69. The van der Waals surface area contributed by atoms with E-state index in [1.54, 1.807) is 14.2 Å². The number of ether oxygens (including phenoxy) is 2. The van der Waals surface area contributed by atoms with E-state index in [0.29, 0.717) is 12.6 Å². The molecule has 1 aromatic carbocycles. The van der Waals surface area contributed by atoms with Gasteiger partial charge in [0.1, 0.15) is 0 Å². The van der Waals surface area contributed by atoms with E-state index in [1.807, 2.05) is 12.1 Å². The maximum atomic E-state index is 5.58. The summed E-state index contributed by atoms with van der Waals surface area (Å²) in [6.07, 6.45) is 3.63. The Bertz CT molecular complexity index is 428. The predicted octanol–water partition coefficient (Wildman–Crippen LogP) is 2.33. The molecule has 0 saturated carbocycles. The van der Waals surface area contributed by atoms with Crippen molar-refractivity contribution in [3.8, 4) is 11.5 Å². The molecule has 0 aromatic heterocycles. The lowest BCUT2D eigenvalue weighted by atomic mass is 9.94. The van der Waals surface area contributed by atoms with E-state index in [0.717, 1.165) is 31.0 Å². The van der Waals surface area contributed by atoms with Gasteiger partial charge in [-0.25, -0.2) is 0 Å². The molecule has 3 radical (unpaired) electrons. The highest BCUT2D eigenvalue weighted by molar-refractivity contribution is 5.97. The Hall–Kier alpha value is -1.04. The third kappa shape index (κ3) is 3.34. The number of rotatable bonds is 6. The first kappa shape index (κ1) is 15.3. The molecule has 0 bridgehead atoms. The zero-order valence-corrected chi connectivity index (χ0v) is 13.2. The van der Waals surface area contributed by atoms with Gasteiger partial charge in [0.05, 0.1) is 14.2 Å². The highest BCUT2D eigenvalue weighted by atomic mass is 28.2. The standard InChI is InChI=1S/C15H22NO3Si/c1-17-14-8-5-6-12(15(14)18-2)13-7-3-4-9-16(13)10-11-19-20/h5-6,8,13H,3-4,7,9-11H2,1-2H3. The van der Waals surface area contributed by atoms with Crippen LogP contribution in [0.1, 0.15) is 30.9 Å². The van der Waals surface area contributed by atoms with Crippen LogP contribution in [-0.4, -0.2) is 49.3 Å². The molecule has 1 saturated heterocycles. The number of nitrogens with zero attached hydrogens (tertiary/aromatic N) is 1. The van der Waals surface area contributed by atoms with Crippen LogP contribution < -0.4 is 9.47 Å². The zero-order chi connectivity index (χ0) is 14.4. The Balaban J connectivity index is 2.27. The molecule has 0 N–H and O–H groups in total. The Morgan fingerprint density at radius 1 is 1.25 bits per heavy atom. The fraction of sp³-hybridized carbons (Fsp3) is 0.600. The topological polar surface area (TPSA) is 30.9 Å². The quantitative estimate of drug-likeness (QED) is 0.753. The van der Waals surface area contributed by atoms with Crippen LogP contribution in [0.25, 0.3) is 0 Å². The van der Waals surface area contributed by atoms with Gasteiger partial charge in [-0.05, 0) is 25.5 Å². The monoisotopic (exact) mass is 292 g/mol. The summed E-state index contributed by atoms with van der Waals surface area (Å²) in [6, 6.07) is 6.48. The van der Waals surface area contributed by atoms with Gasteiger partial charge in [0.25, 0.3) is 0 Å². The van der Waals surface area contributed by atoms with Gasteiger partial charge < -0.3 is 13.9 Å². The lowest BCUT2D eigenvalue weighted by Gasteiger charge is -2.36. The van der Waals surface area contributed by atoms with Crippen LogP contribution in [-0.2, 0) is 4.43 Å². The normalized spacial score (nSPS) is 19.9. The molecular formula is C15H22NO3Si. The van der Waals surface area contributed by atoms with E-state index in [4.69, 9.17) is 13.9 Å². The number of hydrogen-bond donors (Lipinski definition) is 0. The molecular weight excluding hydrogens is 270 g/mol. The van der Waals surface area contributed by atoms with E-state index in [2.05, 4.69) is 21.5 Å². The molecule has 0 spiro atoms. The third-order valence-corrected chi connectivity index (χ3v) is 4.09. The van der Waals surface area contributed by atoms with E-state index < -0.39 is 0 Å². The van der Waals surface area contributed by atoms with Crippen molar-refractivity contribution in [3.63, 3.8) is 0 Å². The first-order valence-corrected chi connectivity index (χ1v) is 7.46. The number of benzene rings is 1. The van der Waals surface area contributed by atoms with Crippen molar-refractivity contribution in [2.45, 2.75) is 25.3 Å². The minimum Gasteiger partial charge on any atom is -0.493 e. The fourth-order valence-corrected chi connectivity index (χ4v) is 3.04. The van der Waals surface area contributed by atoms with Gasteiger partial charge in [-0.1, -0.05) is 18.6 Å². The van der Waals surface area contributed by atoms with E-state index in [1.165, 1.54) is 18.4 Å². The first-order valence-electron chi connectivity index (χ1n) is 7.05. The summed E-state index contributed by atoms with van der Waals surface area (Å²) in [4.78, 5) is 2.46. The van der Waals surface area contributed by atoms with Crippen molar-refractivity contribution in [2.24, 2.45) is 0 Å². The number of piperidine rings is 1. The van der Waals surface area contributed by atoms with E-state index >= 15 is 0 Å². The molecule has 20 heavy (non-hydrogen) atoms. The average molecular weight is 292 g/mol. The van der Waals surface area contributed by atoms with Gasteiger partial charge in [-0.2, -0.15) is 0 Å². The lowest BCUT2D eigenvalue weighted by molar-refractivity contribution is 0.124. The largest absolute Gasteiger partial charge is 0.493 e. The summed E-state index contributed by atoms with van der Waals surface area (Å²) in [7, 11) is 6.46. The second-order valence-corrected chi connectivity index (χ2v) is 5.27. The summed E-state index contributed by atoms with van der Waals surface area (Å²) in [5, 5.41) is 0. The molecule has 1 atom stereocenters. The Labute approximate surface area is 124 Å². The fourth-order valence-electron chi connectivity index (χ4n) is 2.95. The van der Waals surface area contributed by atoms with Crippen molar-refractivity contribution in [3.05, 3.63) is 23.8 Å². The van der Waals surface area contributed by atoms with Gasteiger partial charge in [-0.15, -0.1) is 0 Å². The van der Waals surface area contributed by atoms with Gasteiger partial charge in [0.2, 0.25) is 10.5 Å². The van der Waals surface area contributed by atoms with E-state index in [9.17, 15) is 0 Å². The smallest absolute Gasteiger partial charge is 0.246 e. The SMILES string of the molecule is COc1cccc(C2CCCCN2CCO[Si])c1OC. The summed E-state index contributed by atoms with van der Waals surface area (Å²) in [5.41, 5.74) is 1.21. The van der Waals surface area contributed by atoms with Crippen LogP contribution in [0.15, 0.2) is 18.2 Å². The molecule has 2 rings (SSSR count). The molecule has 1 aliphatic heterocycles. The third-order valence-electron chi connectivity index (χ3n) is 3.89. The van der Waals surface area contributed by atoms with Crippen LogP contribution in [0, 0.1) is 0 Å². The number of methoxy groups -OCH3 is 2. The first-order chi connectivity index (χ1) is 9.81. The van der Waals surface area contributed by atoms with Crippen molar-refractivity contribution < 1.29 is 13.9 Å². The maximum absolute atomic E-state index is 5.58. The summed E-state index contributed by atoms with van der Waals surface area (Å²) >= 11 is 0. The molecule has 0 aliphatic carbocycles. The van der Waals surface area contributed by atoms with Gasteiger partial charge >= 0.3 is 0 Å². The summed E-state index contributed by atoms with van der Waals surface area (Å²) in [5.74, 6) is 1.65. The number of para-hydroxylation sites is 1. The second kappa shape index (κ2) is 7.66. The molecule has 4 nitrogen and oxygen atoms in total. The molecule has 1 aromatic rings. The number of hydrogen-bond acceptors (Lipinski definition) is 4. The van der Waals surface area contributed by atoms with Gasteiger partial charge in [-0.3, -0.25) is 4.90 Å². The van der Waals surface area contributed by atoms with Crippen LogP contribution >= 0.6 is 0 Å². The predicted molar refractivity (Wildman–Crippen MR) is 79.4 cm³/mol. The highest BCUT2D eigenvalue weighted by Gasteiger charge is 2.27. The highest BCUT2D eigenvalue weighted by Crippen LogP contribution is 2.40. The van der Waals surface area contributed by atoms with Gasteiger partial charge in [0.15, 0.2) is 11.5 Å². The van der Waals surface area contributed by atoms with Crippen LogP contribution in [0.5, 0.6) is 11.5 Å². The van der Waals surface area contributed by atoms with Gasteiger partial charge in [0, 0.05) is 24.8 Å². The minimum atomic E-state index is 0.371. The average Bonchev–Trinajstić information content (AvgIpc) is 2.52. The van der Waals surface area contributed by atoms with Crippen LogP contribution in [0.3, 0.4) is 0 Å². The lowest BCUT2D eigenvalue weighted by Crippen LogP contribution is -2.36. The van der Waals surface area contributed by atoms with Crippen molar-refractivity contribution in [1.29, 1.82) is 0 Å². The van der Waals surface area contributed by atoms with E-state index in [-0.39, 0.29) is 0 Å². The molecule has 1 unspecified atom stereocenters.